The van der Waals surface area contributed by atoms with Crippen molar-refractivity contribution in [2.24, 2.45) is 11.8 Å². The van der Waals surface area contributed by atoms with Crippen molar-refractivity contribution >= 4 is 0 Å². The molecule has 18 heavy (non-hydrogen) atoms. The number of imidazole rings is 1. The average Bonchev–Trinajstić information content (AvgIpc) is 2.85. The van der Waals surface area contributed by atoms with Gasteiger partial charge in [-0.1, -0.05) is 13.3 Å². The van der Waals surface area contributed by atoms with Crippen molar-refractivity contribution in [1.29, 1.82) is 0 Å². The summed E-state index contributed by atoms with van der Waals surface area (Å²) in [5.74, 6) is 1.78. The van der Waals surface area contributed by atoms with Crippen LogP contribution in [0.2, 0.25) is 0 Å². The molecule has 1 aromatic heterocycles. The second kappa shape index (κ2) is 5.43. The third kappa shape index (κ3) is 4.13. The Balaban J connectivity index is 1.82. The molecule has 3 heteroatoms. The first-order chi connectivity index (χ1) is 8.42. The second-order valence-electron chi connectivity index (χ2n) is 6.95. The molecule has 1 heterocycles. The molecule has 2 unspecified atom stereocenters. The van der Waals surface area contributed by atoms with Crippen LogP contribution in [-0.2, 0) is 13.1 Å². The Hall–Kier alpha value is -0.830. The lowest BCUT2D eigenvalue weighted by Crippen LogP contribution is -2.35. The third-order valence-corrected chi connectivity index (χ3v) is 3.76. The quantitative estimate of drug-likeness (QED) is 0.888. The maximum absolute atomic E-state index is 4.48. The molecule has 2 atom stereocenters. The van der Waals surface area contributed by atoms with Gasteiger partial charge in [0.15, 0.2) is 0 Å². The molecule has 3 nitrogen and oxygen atoms in total. The van der Waals surface area contributed by atoms with Crippen LogP contribution in [0.25, 0.3) is 0 Å². The summed E-state index contributed by atoms with van der Waals surface area (Å²) < 4.78 is 2.27. The Labute approximate surface area is 111 Å². The summed E-state index contributed by atoms with van der Waals surface area (Å²) >= 11 is 0. The lowest BCUT2D eigenvalue weighted by atomic mass is 10.1. The van der Waals surface area contributed by atoms with Crippen LogP contribution in [0.15, 0.2) is 12.5 Å². The fourth-order valence-electron chi connectivity index (χ4n) is 2.74. The predicted octanol–water partition coefficient (Wildman–Crippen LogP) is 3.21. The van der Waals surface area contributed by atoms with Gasteiger partial charge in [0.2, 0.25) is 0 Å². The van der Waals surface area contributed by atoms with E-state index in [1.807, 2.05) is 6.33 Å². The Morgan fingerprint density at radius 2 is 2.17 bits per heavy atom. The maximum Gasteiger partial charge on any atom is 0.0950 e. The molecule has 0 bridgehead atoms. The van der Waals surface area contributed by atoms with Gasteiger partial charge >= 0.3 is 0 Å². The van der Waals surface area contributed by atoms with Crippen molar-refractivity contribution in [3.05, 3.63) is 18.2 Å². The van der Waals surface area contributed by atoms with Crippen LogP contribution in [-0.4, -0.2) is 15.1 Å². The van der Waals surface area contributed by atoms with Gasteiger partial charge in [-0.3, -0.25) is 0 Å². The molecule has 1 N–H and O–H groups in total. The molecule has 2 rings (SSSR count). The number of nitrogens with zero attached hydrogens (tertiary/aromatic N) is 2. The molecule has 0 radical (unpaired) electrons. The van der Waals surface area contributed by atoms with Crippen LogP contribution in [0.5, 0.6) is 0 Å². The van der Waals surface area contributed by atoms with Gasteiger partial charge in [0, 0.05) is 24.8 Å². The van der Waals surface area contributed by atoms with Crippen LogP contribution in [0.4, 0.5) is 0 Å². The fourth-order valence-corrected chi connectivity index (χ4v) is 2.74. The normalized spacial score (nSPS) is 24.7. The van der Waals surface area contributed by atoms with Gasteiger partial charge in [0.1, 0.15) is 0 Å². The maximum atomic E-state index is 4.48. The van der Waals surface area contributed by atoms with Gasteiger partial charge in [-0.25, -0.2) is 4.98 Å². The van der Waals surface area contributed by atoms with E-state index in [-0.39, 0.29) is 5.54 Å². The number of hydrogen-bond donors (Lipinski definition) is 1. The summed E-state index contributed by atoms with van der Waals surface area (Å²) in [5.41, 5.74) is 1.31. The minimum atomic E-state index is 0.157. The first kappa shape index (κ1) is 13.6. The van der Waals surface area contributed by atoms with E-state index in [2.05, 4.69) is 48.8 Å². The summed E-state index contributed by atoms with van der Waals surface area (Å²) in [4.78, 5) is 4.48. The first-order valence-corrected chi connectivity index (χ1v) is 7.18. The molecule has 102 valence electrons. The van der Waals surface area contributed by atoms with Crippen molar-refractivity contribution in [3.63, 3.8) is 0 Å². The van der Waals surface area contributed by atoms with Crippen LogP contribution in [0.1, 0.15) is 52.7 Å². The van der Waals surface area contributed by atoms with Gasteiger partial charge < -0.3 is 9.88 Å². The zero-order chi connectivity index (χ0) is 13.2. The van der Waals surface area contributed by atoms with Crippen molar-refractivity contribution in [1.82, 2.24) is 14.9 Å². The molecule has 0 aliphatic heterocycles. The Morgan fingerprint density at radius 3 is 2.78 bits per heavy atom. The van der Waals surface area contributed by atoms with Crippen LogP contribution in [0.3, 0.4) is 0 Å². The molecule has 1 fully saturated rings. The van der Waals surface area contributed by atoms with E-state index in [0.29, 0.717) is 0 Å². The molecule has 0 spiro atoms. The zero-order valence-corrected chi connectivity index (χ0v) is 12.2. The highest BCUT2D eigenvalue weighted by molar-refractivity contribution is 4.97. The molecule has 1 aromatic rings. The lowest BCUT2D eigenvalue weighted by Gasteiger charge is -2.19. The summed E-state index contributed by atoms with van der Waals surface area (Å²) in [6.45, 7) is 10.9. The summed E-state index contributed by atoms with van der Waals surface area (Å²) in [6.07, 6.45) is 8.35. The largest absolute Gasteiger partial charge is 0.337 e. The molecular formula is C15H27N3. The van der Waals surface area contributed by atoms with Crippen LogP contribution >= 0.6 is 0 Å². The minimum absolute atomic E-state index is 0.157. The minimum Gasteiger partial charge on any atom is -0.337 e. The van der Waals surface area contributed by atoms with Crippen molar-refractivity contribution in [2.75, 3.05) is 0 Å². The van der Waals surface area contributed by atoms with Gasteiger partial charge in [-0.2, -0.15) is 0 Å². The van der Waals surface area contributed by atoms with E-state index >= 15 is 0 Å². The average molecular weight is 249 g/mol. The molecular weight excluding hydrogens is 222 g/mol. The SMILES string of the molecule is CC1CCC(Cn2cnc(CNC(C)(C)C)c2)C1. The van der Waals surface area contributed by atoms with Gasteiger partial charge in [-0.15, -0.1) is 0 Å². The van der Waals surface area contributed by atoms with E-state index in [1.54, 1.807) is 0 Å². The topological polar surface area (TPSA) is 29.9 Å². The Kier molecular flexibility index (Phi) is 4.10. The smallest absolute Gasteiger partial charge is 0.0950 e. The monoisotopic (exact) mass is 249 g/mol. The summed E-state index contributed by atoms with van der Waals surface area (Å²) in [7, 11) is 0. The van der Waals surface area contributed by atoms with E-state index in [0.717, 1.165) is 30.6 Å². The third-order valence-electron chi connectivity index (χ3n) is 3.76. The Bertz CT molecular complexity index is 375. The molecule has 1 aliphatic carbocycles. The highest BCUT2D eigenvalue weighted by Crippen LogP contribution is 2.31. The lowest BCUT2D eigenvalue weighted by molar-refractivity contribution is 0.420. The zero-order valence-electron chi connectivity index (χ0n) is 12.2. The molecule has 0 saturated heterocycles. The Morgan fingerprint density at radius 1 is 1.39 bits per heavy atom. The summed E-state index contributed by atoms with van der Waals surface area (Å²) in [5, 5.41) is 3.48. The summed E-state index contributed by atoms with van der Waals surface area (Å²) in [6, 6.07) is 0. The highest BCUT2D eigenvalue weighted by atomic mass is 15.1. The predicted molar refractivity (Wildman–Crippen MR) is 75.3 cm³/mol. The fraction of sp³-hybridized carbons (Fsp3) is 0.800. The van der Waals surface area contributed by atoms with E-state index < -0.39 is 0 Å². The molecule has 0 aromatic carbocycles. The number of hydrogen-bond acceptors (Lipinski definition) is 2. The van der Waals surface area contributed by atoms with Gasteiger partial charge in [-0.05, 0) is 45.4 Å². The van der Waals surface area contributed by atoms with Gasteiger partial charge in [0.25, 0.3) is 0 Å². The first-order valence-electron chi connectivity index (χ1n) is 7.18. The van der Waals surface area contributed by atoms with Crippen molar-refractivity contribution in [2.45, 2.75) is 65.6 Å². The van der Waals surface area contributed by atoms with Crippen molar-refractivity contribution in [3.8, 4) is 0 Å². The highest BCUT2D eigenvalue weighted by Gasteiger charge is 2.21. The van der Waals surface area contributed by atoms with E-state index in [9.17, 15) is 0 Å². The van der Waals surface area contributed by atoms with Crippen LogP contribution in [0, 0.1) is 11.8 Å². The number of rotatable bonds is 4. The van der Waals surface area contributed by atoms with Crippen LogP contribution < -0.4 is 5.32 Å². The molecule has 1 aliphatic rings. The van der Waals surface area contributed by atoms with E-state index in [4.69, 9.17) is 0 Å². The standard InChI is InChI=1S/C15H27N3/c1-12-5-6-13(7-12)9-18-10-14(16-11-18)8-17-15(2,3)4/h10-13,17H,5-9H2,1-4H3. The second-order valence-corrected chi connectivity index (χ2v) is 6.95. The molecule has 0 amide bonds. The molecule has 1 saturated carbocycles. The van der Waals surface area contributed by atoms with Crippen molar-refractivity contribution < 1.29 is 0 Å². The van der Waals surface area contributed by atoms with E-state index in [1.165, 1.54) is 19.3 Å². The number of nitrogens with one attached hydrogen (secondary N) is 1. The van der Waals surface area contributed by atoms with Gasteiger partial charge in [0.05, 0.1) is 12.0 Å². The number of aromatic nitrogens is 2.